The number of hydrogen-bond acceptors (Lipinski definition) is 3. The van der Waals surface area contributed by atoms with Crippen LogP contribution in [0.5, 0.6) is 0 Å². The number of fused-ring (bicyclic) bond motifs is 1. The Hall–Kier alpha value is -3.22. The van der Waals surface area contributed by atoms with E-state index in [9.17, 15) is 13.2 Å². The van der Waals surface area contributed by atoms with Gasteiger partial charge in [-0.1, -0.05) is 54.6 Å². The molecule has 1 aliphatic heterocycles. The minimum Gasteiger partial charge on any atom is -0.379 e. The molecule has 5 rings (SSSR count). The number of alkyl halides is 3. The van der Waals surface area contributed by atoms with Crippen molar-refractivity contribution in [2.24, 2.45) is 0 Å². The van der Waals surface area contributed by atoms with Gasteiger partial charge in [0.05, 0.1) is 24.5 Å². The van der Waals surface area contributed by atoms with E-state index in [1.54, 1.807) is 6.07 Å². The molecule has 1 aliphatic rings. The van der Waals surface area contributed by atoms with E-state index < -0.39 is 11.7 Å². The first-order valence-corrected chi connectivity index (χ1v) is 10.9. The van der Waals surface area contributed by atoms with Gasteiger partial charge in [-0.15, -0.1) is 0 Å². The van der Waals surface area contributed by atoms with Crippen LogP contribution in [0.3, 0.4) is 0 Å². The van der Waals surface area contributed by atoms with Crippen molar-refractivity contribution >= 4 is 10.8 Å². The molecule has 0 saturated carbocycles. The van der Waals surface area contributed by atoms with Crippen LogP contribution in [0.4, 0.5) is 13.2 Å². The SMILES string of the molecule is FC(F)(F)c1cccc(-c2ccc(-c3ccc(CN4CCOCC4)nc3)c3ccccc23)c1. The Labute approximate surface area is 190 Å². The van der Waals surface area contributed by atoms with Crippen LogP contribution < -0.4 is 0 Å². The van der Waals surface area contributed by atoms with E-state index in [4.69, 9.17) is 4.74 Å². The molecule has 0 atom stereocenters. The predicted octanol–water partition coefficient (Wildman–Crippen LogP) is 6.42. The highest BCUT2D eigenvalue weighted by molar-refractivity contribution is 6.04. The summed E-state index contributed by atoms with van der Waals surface area (Å²) in [6.45, 7) is 4.11. The largest absolute Gasteiger partial charge is 0.416 e. The van der Waals surface area contributed by atoms with Crippen LogP contribution in [0.15, 0.2) is 79.0 Å². The predicted molar refractivity (Wildman–Crippen MR) is 124 cm³/mol. The molecule has 2 heterocycles. The van der Waals surface area contributed by atoms with Gasteiger partial charge in [0, 0.05) is 31.4 Å². The Morgan fingerprint density at radius 2 is 1.48 bits per heavy atom. The van der Waals surface area contributed by atoms with Crippen molar-refractivity contribution in [3.63, 3.8) is 0 Å². The molecule has 168 valence electrons. The van der Waals surface area contributed by atoms with Gasteiger partial charge in [0.25, 0.3) is 0 Å². The second-order valence-corrected chi connectivity index (χ2v) is 8.21. The van der Waals surface area contributed by atoms with Crippen LogP contribution >= 0.6 is 0 Å². The normalized spacial score (nSPS) is 15.1. The maximum atomic E-state index is 13.2. The highest BCUT2D eigenvalue weighted by Crippen LogP contribution is 2.37. The first-order chi connectivity index (χ1) is 16.0. The first-order valence-electron chi connectivity index (χ1n) is 10.9. The van der Waals surface area contributed by atoms with Crippen molar-refractivity contribution in [3.05, 3.63) is 90.3 Å². The number of rotatable bonds is 4. The molecular weight excluding hydrogens is 425 g/mol. The number of ether oxygens (including phenoxy) is 1. The number of halogens is 3. The van der Waals surface area contributed by atoms with E-state index in [0.717, 1.165) is 72.1 Å². The van der Waals surface area contributed by atoms with Gasteiger partial charge in [0.1, 0.15) is 0 Å². The van der Waals surface area contributed by atoms with Crippen LogP contribution in [0.1, 0.15) is 11.3 Å². The Balaban J connectivity index is 1.50. The number of aromatic nitrogens is 1. The summed E-state index contributed by atoms with van der Waals surface area (Å²) in [7, 11) is 0. The third-order valence-electron chi connectivity index (χ3n) is 6.05. The molecule has 0 unspecified atom stereocenters. The van der Waals surface area contributed by atoms with Crippen molar-refractivity contribution in [2.45, 2.75) is 12.7 Å². The second-order valence-electron chi connectivity index (χ2n) is 8.21. The van der Waals surface area contributed by atoms with Gasteiger partial charge in [0.2, 0.25) is 0 Å². The van der Waals surface area contributed by atoms with Crippen molar-refractivity contribution in [3.8, 4) is 22.3 Å². The third-order valence-corrected chi connectivity index (χ3v) is 6.05. The Kier molecular flexibility index (Phi) is 5.87. The standard InChI is InChI=1S/C27H23F3N2O/c28-27(29,30)21-5-3-4-19(16-21)23-10-11-24(26-7-2-1-6-25(23)26)20-8-9-22(31-17-20)18-32-12-14-33-15-13-32/h1-11,16-17H,12-15,18H2. The molecule has 1 saturated heterocycles. The lowest BCUT2D eigenvalue weighted by Gasteiger charge is -2.26. The molecule has 1 aromatic heterocycles. The van der Waals surface area contributed by atoms with Crippen LogP contribution in [0, 0.1) is 0 Å². The zero-order chi connectivity index (χ0) is 22.8. The van der Waals surface area contributed by atoms with Gasteiger partial charge in [0.15, 0.2) is 0 Å². The molecule has 0 N–H and O–H groups in total. The molecule has 1 fully saturated rings. The topological polar surface area (TPSA) is 25.4 Å². The molecule has 3 aromatic carbocycles. The Morgan fingerprint density at radius 1 is 0.788 bits per heavy atom. The molecule has 3 nitrogen and oxygen atoms in total. The summed E-state index contributed by atoms with van der Waals surface area (Å²) in [6, 6.07) is 21.3. The highest BCUT2D eigenvalue weighted by Gasteiger charge is 2.30. The molecule has 0 bridgehead atoms. The minimum absolute atomic E-state index is 0.548. The second kappa shape index (κ2) is 8.96. The van der Waals surface area contributed by atoms with Crippen molar-refractivity contribution in [1.82, 2.24) is 9.88 Å². The van der Waals surface area contributed by atoms with Gasteiger partial charge in [-0.2, -0.15) is 13.2 Å². The highest BCUT2D eigenvalue weighted by atomic mass is 19.4. The number of morpholine rings is 1. The monoisotopic (exact) mass is 448 g/mol. The fourth-order valence-electron chi connectivity index (χ4n) is 4.33. The average molecular weight is 448 g/mol. The fourth-order valence-corrected chi connectivity index (χ4v) is 4.33. The molecule has 33 heavy (non-hydrogen) atoms. The quantitative estimate of drug-likeness (QED) is 0.360. The molecular formula is C27H23F3N2O. The van der Waals surface area contributed by atoms with Crippen LogP contribution in [0.25, 0.3) is 33.0 Å². The third kappa shape index (κ3) is 4.63. The first kappa shape index (κ1) is 21.6. The summed E-state index contributed by atoms with van der Waals surface area (Å²) in [4.78, 5) is 6.99. The van der Waals surface area contributed by atoms with Crippen LogP contribution in [-0.4, -0.2) is 36.2 Å². The smallest absolute Gasteiger partial charge is 0.379 e. The zero-order valence-electron chi connectivity index (χ0n) is 18.0. The van der Waals surface area contributed by atoms with E-state index in [1.165, 1.54) is 12.1 Å². The fraction of sp³-hybridized carbons (Fsp3) is 0.222. The van der Waals surface area contributed by atoms with Crippen molar-refractivity contribution in [1.29, 1.82) is 0 Å². The molecule has 0 aliphatic carbocycles. The number of nitrogens with zero attached hydrogens (tertiary/aromatic N) is 2. The van der Waals surface area contributed by atoms with E-state index in [1.807, 2.05) is 48.7 Å². The maximum absolute atomic E-state index is 13.2. The number of benzene rings is 3. The molecule has 6 heteroatoms. The van der Waals surface area contributed by atoms with Gasteiger partial charge in [-0.25, -0.2) is 0 Å². The summed E-state index contributed by atoms with van der Waals surface area (Å²) in [5, 5.41) is 1.89. The molecule has 0 amide bonds. The van der Waals surface area contributed by atoms with E-state index in [2.05, 4.69) is 16.0 Å². The van der Waals surface area contributed by atoms with Gasteiger partial charge in [-0.3, -0.25) is 9.88 Å². The zero-order valence-corrected chi connectivity index (χ0v) is 18.0. The van der Waals surface area contributed by atoms with Crippen molar-refractivity contribution in [2.75, 3.05) is 26.3 Å². The number of hydrogen-bond donors (Lipinski definition) is 0. The van der Waals surface area contributed by atoms with Gasteiger partial charge >= 0.3 is 6.18 Å². The summed E-state index contributed by atoms with van der Waals surface area (Å²) >= 11 is 0. The lowest BCUT2D eigenvalue weighted by molar-refractivity contribution is -0.137. The minimum atomic E-state index is -4.37. The summed E-state index contributed by atoms with van der Waals surface area (Å²) in [5.74, 6) is 0. The Morgan fingerprint density at radius 3 is 2.12 bits per heavy atom. The lowest BCUT2D eigenvalue weighted by Crippen LogP contribution is -2.35. The lowest BCUT2D eigenvalue weighted by atomic mass is 9.92. The molecule has 4 aromatic rings. The molecule has 0 spiro atoms. The summed E-state index contributed by atoms with van der Waals surface area (Å²) in [6.07, 6.45) is -2.50. The van der Waals surface area contributed by atoms with Crippen molar-refractivity contribution < 1.29 is 17.9 Å². The average Bonchev–Trinajstić information content (AvgIpc) is 2.84. The number of pyridine rings is 1. The maximum Gasteiger partial charge on any atom is 0.416 e. The van der Waals surface area contributed by atoms with E-state index >= 15 is 0 Å². The van der Waals surface area contributed by atoms with Crippen LogP contribution in [0.2, 0.25) is 0 Å². The Bertz CT molecular complexity index is 1260. The molecule has 0 radical (unpaired) electrons. The van der Waals surface area contributed by atoms with Gasteiger partial charge < -0.3 is 4.74 Å². The summed E-state index contributed by atoms with van der Waals surface area (Å²) in [5.41, 5.74) is 3.67. The van der Waals surface area contributed by atoms with E-state index in [0.29, 0.717) is 5.56 Å². The van der Waals surface area contributed by atoms with Crippen LogP contribution in [-0.2, 0) is 17.5 Å². The van der Waals surface area contributed by atoms with Gasteiger partial charge in [-0.05, 0) is 45.7 Å². The summed E-state index contributed by atoms with van der Waals surface area (Å²) < 4.78 is 45.1. The van der Waals surface area contributed by atoms with E-state index in [-0.39, 0.29) is 0 Å².